The number of hydrogen-bond acceptors (Lipinski definition) is 6. The molecular weight excluding hydrogens is 294 g/mol. The lowest BCUT2D eigenvalue weighted by atomic mass is 10.3. The minimum Gasteiger partial charge on any atom is -0.495 e. The molecule has 0 aliphatic heterocycles. The number of para-hydroxylation sites is 2. The fraction of sp³-hybridized carbons (Fsp3) is 0.167. The van der Waals surface area contributed by atoms with Gasteiger partial charge in [0.25, 0.3) is 0 Å². The van der Waals surface area contributed by atoms with E-state index in [4.69, 9.17) is 10.5 Å². The first-order valence-electron chi connectivity index (χ1n) is 5.87. The summed E-state index contributed by atoms with van der Waals surface area (Å²) in [6, 6.07) is 6.47. The Balaban J connectivity index is 2.15. The van der Waals surface area contributed by atoms with Gasteiger partial charge in [-0.1, -0.05) is 23.9 Å². The first-order valence-corrected chi connectivity index (χ1v) is 6.86. The molecule has 2 rings (SSSR count). The number of aromatic nitrogens is 3. The van der Waals surface area contributed by atoms with Crippen molar-refractivity contribution in [3.05, 3.63) is 30.6 Å². The van der Waals surface area contributed by atoms with E-state index in [1.165, 1.54) is 6.33 Å². The van der Waals surface area contributed by atoms with Gasteiger partial charge in [0.2, 0.25) is 5.91 Å². The number of benzene rings is 1. The van der Waals surface area contributed by atoms with E-state index in [1.54, 1.807) is 11.7 Å². The van der Waals surface area contributed by atoms with E-state index >= 15 is 0 Å². The lowest BCUT2D eigenvalue weighted by Gasteiger charge is -2.10. The number of amides is 3. The van der Waals surface area contributed by atoms with E-state index in [9.17, 15) is 9.59 Å². The molecule has 3 amide bonds. The summed E-state index contributed by atoms with van der Waals surface area (Å²) in [5.74, 6) is 0.152. The van der Waals surface area contributed by atoms with Gasteiger partial charge in [0.1, 0.15) is 12.1 Å². The van der Waals surface area contributed by atoms with Gasteiger partial charge in [0, 0.05) is 0 Å². The Hall–Kier alpha value is -2.55. The van der Waals surface area contributed by atoms with Gasteiger partial charge in [-0.2, -0.15) is 0 Å². The Kier molecular flexibility index (Phi) is 4.77. The number of nitrogens with one attached hydrogen (secondary N) is 1. The number of imide groups is 1. The van der Waals surface area contributed by atoms with Crippen LogP contribution in [-0.4, -0.2) is 39.6 Å². The van der Waals surface area contributed by atoms with E-state index < -0.39 is 11.9 Å². The quantitative estimate of drug-likeness (QED) is 0.781. The number of thioether (sulfide) groups is 1. The molecule has 0 bridgehead atoms. The summed E-state index contributed by atoms with van der Waals surface area (Å²) in [4.78, 5) is 22.0. The summed E-state index contributed by atoms with van der Waals surface area (Å²) in [7, 11) is 1.57. The van der Waals surface area contributed by atoms with Crippen LogP contribution in [0.1, 0.15) is 0 Å². The van der Waals surface area contributed by atoms with Crippen molar-refractivity contribution in [2.45, 2.75) is 5.16 Å². The molecule has 0 radical (unpaired) electrons. The Morgan fingerprint density at radius 3 is 2.90 bits per heavy atom. The third kappa shape index (κ3) is 3.72. The van der Waals surface area contributed by atoms with Crippen molar-refractivity contribution in [2.24, 2.45) is 5.73 Å². The van der Waals surface area contributed by atoms with Crippen LogP contribution in [0.3, 0.4) is 0 Å². The SMILES string of the molecule is COc1ccccc1-n1cnnc1SCC(=O)NC(N)=O. The van der Waals surface area contributed by atoms with Crippen LogP contribution >= 0.6 is 11.8 Å². The van der Waals surface area contributed by atoms with Gasteiger partial charge in [-0.05, 0) is 12.1 Å². The number of methoxy groups -OCH3 is 1. The van der Waals surface area contributed by atoms with Crippen LogP contribution in [0.5, 0.6) is 5.75 Å². The van der Waals surface area contributed by atoms with Gasteiger partial charge in [-0.25, -0.2) is 4.79 Å². The number of rotatable bonds is 5. The molecule has 110 valence electrons. The van der Waals surface area contributed by atoms with Crippen molar-refractivity contribution in [3.8, 4) is 11.4 Å². The zero-order valence-electron chi connectivity index (χ0n) is 11.1. The van der Waals surface area contributed by atoms with Crippen molar-refractivity contribution in [3.63, 3.8) is 0 Å². The molecule has 1 aromatic heterocycles. The van der Waals surface area contributed by atoms with E-state index in [2.05, 4.69) is 10.2 Å². The molecule has 1 heterocycles. The molecule has 0 unspecified atom stereocenters. The lowest BCUT2D eigenvalue weighted by molar-refractivity contribution is -0.117. The highest BCUT2D eigenvalue weighted by atomic mass is 32.2. The van der Waals surface area contributed by atoms with E-state index in [0.29, 0.717) is 10.9 Å². The number of ether oxygens (including phenoxy) is 1. The Labute approximate surface area is 124 Å². The second-order valence-electron chi connectivity index (χ2n) is 3.86. The number of carbonyl (C=O) groups is 2. The summed E-state index contributed by atoms with van der Waals surface area (Å²) in [6.07, 6.45) is 1.52. The monoisotopic (exact) mass is 307 g/mol. The number of urea groups is 1. The van der Waals surface area contributed by atoms with Crippen molar-refractivity contribution in [1.82, 2.24) is 20.1 Å². The molecule has 8 nitrogen and oxygen atoms in total. The molecule has 0 aliphatic carbocycles. The van der Waals surface area contributed by atoms with Crippen molar-refractivity contribution < 1.29 is 14.3 Å². The first-order chi connectivity index (χ1) is 10.1. The second-order valence-corrected chi connectivity index (χ2v) is 4.80. The standard InChI is InChI=1S/C12H13N5O3S/c1-20-9-5-3-2-4-8(9)17-7-14-16-12(17)21-6-10(18)15-11(13)19/h2-5,7H,6H2,1H3,(H3,13,15,18,19). The molecule has 0 saturated carbocycles. The van der Waals surface area contributed by atoms with Crippen LogP contribution in [0.25, 0.3) is 5.69 Å². The van der Waals surface area contributed by atoms with E-state index in [1.807, 2.05) is 29.6 Å². The maximum Gasteiger partial charge on any atom is 0.318 e. The molecule has 0 atom stereocenters. The molecule has 21 heavy (non-hydrogen) atoms. The Morgan fingerprint density at radius 1 is 1.43 bits per heavy atom. The number of primary amides is 1. The Bertz CT molecular complexity index is 658. The minimum absolute atomic E-state index is 0.00319. The predicted molar refractivity (Wildman–Crippen MR) is 76.4 cm³/mol. The number of nitrogens with two attached hydrogens (primary N) is 1. The Morgan fingerprint density at radius 2 is 2.19 bits per heavy atom. The van der Waals surface area contributed by atoms with Gasteiger partial charge >= 0.3 is 6.03 Å². The third-order valence-corrected chi connectivity index (χ3v) is 3.40. The van der Waals surface area contributed by atoms with Crippen LogP contribution in [0.4, 0.5) is 4.79 Å². The van der Waals surface area contributed by atoms with Crippen molar-refractivity contribution >= 4 is 23.7 Å². The highest BCUT2D eigenvalue weighted by Gasteiger charge is 2.13. The fourth-order valence-electron chi connectivity index (χ4n) is 1.62. The summed E-state index contributed by atoms with van der Waals surface area (Å²) in [5, 5.41) is 10.3. The number of carbonyl (C=O) groups excluding carboxylic acids is 2. The minimum atomic E-state index is -0.883. The van der Waals surface area contributed by atoms with Crippen LogP contribution in [-0.2, 0) is 4.79 Å². The van der Waals surface area contributed by atoms with Crippen LogP contribution in [0.2, 0.25) is 0 Å². The van der Waals surface area contributed by atoms with Crippen LogP contribution in [0.15, 0.2) is 35.7 Å². The predicted octanol–water partition coefficient (Wildman–Crippen LogP) is 0.563. The van der Waals surface area contributed by atoms with Gasteiger partial charge in [0.15, 0.2) is 5.16 Å². The fourth-order valence-corrected chi connectivity index (χ4v) is 2.34. The molecule has 0 spiro atoms. The highest BCUT2D eigenvalue weighted by Crippen LogP contribution is 2.26. The number of nitrogens with zero attached hydrogens (tertiary/aromatic N) is 3. The van der Waals surface area contributed by atoms with Gasteiger partial charge in [-0.15, -0.1) is 10.2 Å². The molecule has 1 aromatic carbocycles. The average Bonchev–Trinajstić information content (AvgIpc) is 2.92. The molecule has 9 heteroatoms. The van der Waals surface area contributed by atoms with Gasteiger partial charge in [-0.3, -0.25) is 14.7 Å². The molecule has 3 N–H and O–H groups in total. The molecule has 0 aliphatic rings. The summed E-state index contributed by atoms with van der Waals surface area (Å²) < 4.78 is 6.97. The van der Waals surface area contributed by atoms with Crippen molar-refractivity contribution in [2.75, 3.05) is 12.9 Å². The third-order valence-electron chi connectivity index (χ3n) is 2.46. The van der Waals surface area contributed by atoms with E-state index in [-0.39, 0.29) is 5.75 Å². The van der Waals surface area contributed by atoms with Crippen LogP contribution < -0.4 is 15.8 Å². The normalized spacial score (nSPS) is 10.1. The number of hydrogen-bond donors (Lipinski definition) is 2. The van der Waals surface area contributed by atoms with Crippen molar-refractivity contribution in [1.29, 1.82) is 0 Å². The summed E-state index contributed by atoms with van der Waals surface area (Å²) in [5.41, 5.74) is 5.62. The van der Waals surface area contributed by atoms with Crippen LogP contribution in [0, 0.1) is 0 Å². The molecule has 2 aromatic rings. The molecule has 0 saturated heterocycles. The van der Waals surface area contributed by atoms with E-state index in [0.717, 1.165) is 17.4 Å². The smallest absolute Gasteiger partial charge is 0.318 e. The topological polar surface area (TPSA) is 112 Å². The molecule has 0 fully saturated rings. The highest BCUT2D eigenvalue weighted by molar-refractivity contribution is 7.99. The average molecular weight is 307 g/mol. The largest absolute Gasteiger partial charge is 0.495 e. The summed E-state index contributed by atoms with van der Waals surface area (Å²) in [6.45, 7) is 0. The maximum atomic E-state index is 11.4. The first kappa shape index (κ1) is 14.9. The molecular formula is C12H13N5O3S. The maximum absolute atomic E-state index is 11.4. The second kappa shape index (κ2) is 6.75. The summed E-state index contributed by atoms with van der Waals surface area (Å²) >= 11 is 1.13. The zero-order chi connectivity index (χ0) is 15.2. The lowest BCUT2D eigenvalue weighted by Crippen LogP contribution is -2.36. The van der Waals surface area contributed by atoms with Gasteiger partial charge in [0.05, 0.1) is 18.6 Å². The zero-order valence-corrected chi connectivity index (χ0v) is 12.0. The van der Waals surface area contributed by atoms with Gasteiger partial charge < -0.3 is 10.5 Å².